The van der Waals surface area contributed by atoms with E-state index in [1.54, 1.807) is 6.42 Å². The molecule has 2 bridgehead atoms. The maximum atomic E-state index is 2.51. The van der Waals surface area contributed by atoms with Gasteiger partial charge < -0.3 is 0 Å². The molecule has 0 N–H and O–H groups in total. The van der Waals surface area contributed by atoms with Crippen LogP contribution in [-0.4, -0.2) is 0 Å². The predicted molar refractivity (Wildman–Crippen MR) is 62.2 cm³/mol. The average Bonchev–Trinajstić information content (AvgIpc) is 2.14. The summed E-state index contributed by atoms with van der Waals surface area (Å²) in [7, 11) is 0. The summed E-state index contributed by atoms with van der Waals surface area (Å²) in [5.41, 5.74) is 0.694. The van der Waals surface area contributed by atoms with Gasteiger partial charge in [0.15, 0.2) is 0 Å². The summed E-state index contributed by atoms with van der Waals surface area (Å²) in [5.74, 6) is 4.11. The molecule has 3 saturated carbocycles. The van der Waals surface area contributed by atoms with Crippen LogP contribution in [0.2, 0.25) is 0 Å². The van der Waals surface area contributed by atoms with Gasteiger partial charge in [-0.1, -0.05) is 34.1 Å². The van der Waals surface area contributed by atoms with Gasteiger partial charge in [-0.15, -0.1) is 0 Å². The summed E-state index contributed by atoms with van der Waals surface area (Å²) < 4.78 is 0. The first-order valence-corrected chi connectivity index (χ1v) is 6.51. The zero-order valence-electron chi connectivity index (χ0n) is 10.3. The van der Waals surface area contributed by atoms with Crippen LogP contribution in [0.5, 0.6) is 0 Å². The molecule has 0 radical (unpaired) electrons. The van der Waals surface area contributed by atoms with Gasteiger partial charge in [0.05, 0.1) is 0 Å². The van der Waals surface area contributed by atoms with E-state index in [2.05, 4.69) is 27.7 Å². The van der Waals surface area contributed by atoms with Crippen molar-refractivity contribution in [3.63, 3.8) is 0 Å². The molecule has 0 spiro atoms. The molecule has 0 saturated heterocycles. The third-order valence-corrected chi connectivity index (χ3v) is 5.12. The van der Waals surface area contributed by atoms with Crippen LogP contribution in [0.4, 0.5) is 0 Å². The Balaban J connectivity index is 1.88. The van der Waals surface area contributed by atoms with Gasteiger partial charge in [-0.2, -0.15) is 0 Å². The van der Waals surface area contributed by atoms with Crippen LogP contribution in [-0.2, 0) is 0 Å². The summed E-state index contributed by atoms with van der Waals surface area (Å²) >= 11 is 0. The molecule has 0 aromatic carbocycles. The minimum absolute atomic E-state index is 0.694. The number of rotatable bonds is 3. The fourth-order valence-electron chi connectivity index (χ4n) is 3.86. The Morgan fingerprint density at radius 3 is 2.43 bits per heavy atom. The first-order valence-electron chi connectivity index (χ1n) is 6.51. The van der Waals surface area contributed by atoms with Crippen molar-refractivity contribution in [2.24, 2.45) is 29.1 Å². The monoisotopic (exact) mass is 194 g/mol. The number of hydrogen-bond acceptors (Lipinski definition) is 0. The molecule has 3 aliphatic rings. The van der Waals surface area contributed by atoms with E-state index in [4.69, 9.17) is 0 Å². The topological polar surface area (TPSA) is 0 Å². The maximum absolute atomic E-state index is 2.51. The van der Waals surface area contributed by atoms with Crippen molar-refractivity contribution in [2.75, 3.05) is 0 Å². The Bertz CT molecular complexity index is 200. The third kappa shape index (κ3) is 1.61. The molecule has 3 unspecified atom stereocenters. The van der Waals surface area contributed by atoms with E-state index in [1.807, 2.05) is 0 Å². The summed E-state index contributed by atoms with van der Waals surface area (Å²) in [4.78, 5) is 0. The van der Waals surface area contributed by atoms with E-state index >= 15 is 0 Å². The lowest BCUT2D eigenvalue weighted by Crippen LogP contribution is -2.52. The van der Waals surface area contributed by atoms with Gasteiger partial charge in [0.2, 0.25) is 0 Å². The minimum Gasteiger partial charge on any atom is -0.0628 e. The van der Waals surface area contributed by atoms with Gasteiger partial charge in [-0.25, -0.2) is 0 Å². The second-order valence-electron chi connectivity index (χ2n) is 6.67. The van der Waals surface area contributed by atoms with E-state index in [0.717, 1.165) is 23.7 Å². The van der Waals surface area contributed by atoms with Crippen molar-refractivity contribution in [1.82, 2.24) is 0 Å². The molecule has 3 fully saturated rings. The molecule has 82 valence electrons. The Morgan fingerprint density at radius 1 is 1.21 bits per heavy atom. The van der Waals surface area contributed by atoms with E-state index in [-0.39, 0.29) is 0 Å². The molecule has 0 amide bonds. The summed E-state index contributed by atoms with van der Waals surface area (Å²) in [6.45, 7) is 9.73. The maximum Gasteiger partial charge on any atom is -0.0295 e. The Labute approximate surface area is 89.5 Å². The molecular weight excluding hydrogens is 168 g/mol. The van der Waals surface area contributed by atoms with E-state index in [9.17, 15) is 0 Å². The number of hydrogen-bond donors (Lipinski definition) is 0. The number of fused-ring (bicyclic) bond motifs is 2. The largest absolute Gasteiger partial charge is 0.0628 e. The van der Waals surface area contributed by atoms with Crippen molar-refractivity contribution >= 4 is 0 Å². The van der Waals surface area contributed by atoms with E-state index in [0.29, 0.717) is 5.41 Å². The van der Waals surface area contributed by atoms with Crippen molar-refractivity contribution in [3.05, 3.63) is 0 Å². The lowest BCUT2D eigenvalue weighted by Gasteiger charge is -2.60. The van der Waals surface area contributed by atoms with Crippen LogP contribution in [0.15, 0.2) is 0 Å². The smallest absolute Gasteiger partial charge is 0.0295 e. The lowest BCUT2D eigenvalue weighted by molar-refractivity contribution is -0.107. The predicted octanol–water partition coefficient (Wildman–Crippen LogP) is 4.49. The standard InChI is InChI=1S/C14H26/c1-10(2)5-6-11-7-8-12-9-13(11)14(12,3)4/h10-13H,5-9H2,1-4H3. The molecule has 3 atom stereocenters. The first-order chi connectivity index (χ1) is 6.51. The van der Waals surface area contributed by atoms with Crippen LogP contribution >= 0.6 is 0 Å². The normalized spacial score (nSPS) is 39.6. The summed E-state index contributed by atoms with van der Waals surface area (Å²) in [6, 6.07) is 0. The molecule has 3 rings (SSSR count). The molecular formula is C14H26. The Kier molecular flexibility index (Phi) is 2.66. The second-order valence-corrected chi connectivity index (χ2v) is 6.67. The highest BCUT2D eigenvalue weighted by atomic mass is 14.6. The molecule has 14 heavy (non-hydrogen) atoms. The van der Waals surface area contributed by atoms with E-state index < -0.39 is 0 Å². The molecule has 0 aromatic heterocycles. The summed E-state index contributed by atoms with van der Waals surface area (Å²) in [5, 5.41) is 0. The SMILES string of the molecule is CC(C)CCC1CCC2CC1C2(C)C. The van der Waals surface area contributed by atoms with Crippen LogP contribution in [0, 0.1) is 29.1 Å². The fraction of sp³-hybridized carbons (Fsp3) is 1.00. The fourth-order valence-corrected chi connectivity index (χ4v) is 3.86. The van der Waals surface area contributed by atoms with Gasteiger partial charge >= 0.3 is 0 Å². The van der Waals surface area contributed by atoms with Gasteiger partial charge in [0.25, 0.3) is 0 Å². The Morgan fingerprint density at radius 2 is 1.93 bits per heavy atom. The van der Waals surface area contributed by atoms with Crippen molar-refractivity contribution in [3.8, 4) is 0 Å². The third-order valence-electron chi connectivity index (χ3n) is 5.12. The van der Waals surface area contributed by atoms with Crippen LogP contribution < -0.4 is 0 Å². The highest BCUT2D eigenvalue weighted by Gasteiger charge is 2.53. The molecule has 0 aromatic rings. The van der Waals surface area contributed by atoms with Crippen molar-refractivity contribution < 1.29 is 0 Å². The van der Waals surface area contributed by atoms with Crippen LogP contribution in [0.3, 0.4) is 0 Å². The molecule has 0 nitrogen and oxygen atoms in total. The second kappa shape index (κ2) is 3.54. The zero-order valence-corrected chi connectivity index (χ0v) is 10.3. The van der Waals surface area contributed by atoms with Gasteiger partial charge in [0.1, 0.15) is 0 Å². The molecule has 3 aliphatic carbocycles. The zero-order chi connectivity index (χ0) is 10.3. The quantitative estimate of drug-likeness (QED) is 0.621. The average molecular weight is 194 g/mol. The van der Waals surface area contributed by atoms with Gasteiger partial charge in [0, 0.05) is 0 Å². The molecule has 0 heteroatoms. The highest BCUT2D eigenvalue weighted by molar-refractivity contribution is 5.03. The highest BCUT2D eigenvalue weighted by Crippen LogP contribution is 2.62. The molecule has 0 heterocycles. The van der Waals surface area contributed by atoms with Gasteiger partial charge in [-0.3, -0.25) is 0 Å². The van der Waals surface area contributed by atoms with Crippen LogP contribution in [0.25, 0.3) is 0 Å². The van der Waals surface area contributed by atoms with E-state index in [1.165, 1.54) is 25.7 Å². The summed E-state index contributed by atoms with van der Waals surface area (Å²) in [6.07, 6.45) is 7.55. The van der Waals surface area contributed by atoms with Crippen LogP contribution in [0.1, 0.15) is 59.8 Å². The minimum atomic E-state index is 0.694. The van der Waals surface area contributed by atoms with Crippen molar-refractivity contribution in [2.45, 2.75) is 59.8 Å². The van der Waals surface area contributed by atoms with Crippen molar-refractivity contribution in [1.29, 1.82) is 0 Å². The van der Waals surface area contributed by atoms with Gasteiger partial charge in [-0.05, 0) is 54.8 Å². The Hall–Kier alpha value is 0. The lowest BCUT2D eigenvalue weighted by atomic mass is 9.45. The first kappa shape index (κ1) is 10.5. The molecule has 0 aliphatic heterocycles.